The van der Waals surface area contributed by atoms with Crippen LogP contribution < -0.4 is 10.9 Å². The molecular weight excluding hydrogens is 380 g/mol. The maximum Gasteiger partial charge on any atom is 0.326 e. The topological polar surface area (TPSA) is 146 Å². The molecule has 4 amide bonds. The van der Waals surface area contributed by atoms with E-state index in [0.717, 1.165) is 0 Å². The number of aromatic nitrogens is 1. The lowest BCUT2D eigenvalue weighted by Crippen LogP contribution is -2.46. The molecule has 2 aromatic rings. The second-order valence-corrected chi connectivity index (χ2v) is 6.16. The van der Waals surface area contributed by atoms with Gasteiger partial charge in [0.1, 0.15) is 6.04 Å². The summed E-state index contributed by atoms with van der Waals surface area (Å²) in [5.41, 5.74) is 4.88. The van der Waals surface area contributed by atoms with Crippen LogP contribution in [-0.2, 0) is 9.59 Å². The Kier molecular flexibility index (Phi) is 5.63. The highest BCUT2D eigenvalue weighted by atomic mass is 16.4. The number of rotatable bonds is 6. The molecular formula is C19H16N4O6. The summed E-state index contributed by atoms with van der Waals surface area (Å²) in [6.07, 6.45) is 2.19. The van der Waals surface area contributed by atoms with Crippen molar-refractivity contribution in [2.75, 3.05) is 0 Å². The van der Waals surface area contributed by atoms with Crippen LogP contribution in [0.15, 0.2) is 48.8 Å². The van der Waals surface area contributed by atoms with Crippen molar-refractivity contribution < 1.29 is 29.1 Å². The molecule has 1 aliphatic rings. The van der Waals surface area contributed by atoms with E-state index in [9.17, 15) is 29.1 Å². The number of hydrazine groups is 1. The van der Waals surface area contributed by atoms with E-state index in [1.54, 1.807) is 12.1 Å². The van der Waals surface area contributed by atoms with Crippen LogP contribution >= 0.6 is 0 Å². The Morgan fingerprint density at radius 1 is 0.966 bits per heavy atom. The second-order valence-electron chi connectivity index (χ2n) is 6.16. The molecule has 0 bridgehead atoms. The molecule has 0 saturated heterocycles. The Morgan fingerprint density at radius 3 is 2.10 bits per heavy atom. The Bertz CT molecular complexity index is 956. The van der Waals surface area contributed by atoms with E-state index in [1.165, 1.54) is 36.7 Å². The fraction of sp³-hybridized carbons (Fsp3) is 0.158. The van der Waals surface area contributed by atoms with Crippen LogP contribution in [0.4, 0.5) is 0 Å². The third-order valence-electron chi connectivity index (χ3n) is 4.33. The fourth-order valence-corrected chi connectivity index (χ4v) is 2.89. The molecule has 1 aromatic heterocycles. The van der Waals surface area contributed by atoms with Crippen LogP contribution in [0.5, 0.6) is 0 Å². The molecule has 148 valence electrons. The van der Waals surface area contributed by atoms with Crippen LogP contribution in [0.3, 0.4) is 0 Å². The van der Waals surface area contributed by atoms with E-state index in [2.05, 4.69) is 15.8 Å². The molecule has 0 aliphatic carbocycles. The molecule has 0 spiro atoms. The number of aliphatic carboxylic acids is 1. The molecule has 0 fully saturated rings. The molecule has 3 N–H and O–H groups in total. The molecule has 1 atom stereocenters. The number of pyridine rings is 1. The number of carbonyl (C=O) groups is 5. The molecule has 10 heteroatoms. The van der Waals surface area contributed by atoms with Gasteiger partial charge in [-0.15, -0.1) is 0 Å². The number of imide groups is 1. The summed E-state index contributed by atoms with van der Waals surface area (Å²) in [5, 5.41) is 9.47. The van der Waals surface area contributed by atoms with Crippen molar-refractivity contribution in [3.63, 3.8) is 0 Å². The highest BCUT2D eigenvalue weighted by molar-refractivity contribution is 6.22. The monoisotopic (exact) mass is 396 g/mol. The summed E-state index contributed by atoms with van der Waals surface area (Å²) in [6, 6.07) is 7.41. The number of nitrogens with zero attached hydrogens (tertiary/aromatic N) is 2. The summed E-state index contributed by atoms with van der Waals surface area (Å²) in [7, 11) is 0. The summed E-state index contributed by atoms with van der Waals surface area (Å²) in [6.45, 7) is 0. The normalized spacial score (nSPS) is 13.6. The first kappa shape index (κ1) is 19.7. The average molecular weight is 396 g/mol. The number of carboxylic acids is 1. The van der Waals surface area contributed by atoms with Gasteiger partial charge in [0.2, 0.25) is 5.91 Å². The van der Waals surface area contributed by atoms with Gasteiger partial charge in [0.25, 0.3) is 17.7 Å². The van der Waals surface area contributed by atoms with Gasteiger partial charge in [0.05, 0.1) is 11.1 Å². The summed E-state index contributed by atoms with van der Waals surface area (Å²) >= 11 is 0. The number of hydrogen-bond donors (Lipinski definition) is 3. The molecule has 3 rings (SSSR count). The number of benzene rings is 1. The SMILES string of the molecule is O=C(CCC(C(=O)O)N1C(=O)c2ccccc2C1=O)NNC(=O)c1ccncc1. The third kappa shape index (κ3) is 4.10. The van der Waals surface area contributed by atoms with E-state index in [4.69, 9.17) is 0 Å². The van der Waals surface area contributed by atoms with Crippen LogP contribution in [0.1, 0.15) is 43.9 Å². The number of amides is 4. The Morgan fingerprint density at radius 2 is 1.55 bits per heavy atom. The molecule has 1 aromatic carbocycles. The highest BCUT2D eigenvalue weighted by Crippen LogP contribution is 2.26. The van der Waals surface area contributed by atoms with Crippen molar-refractivity contribution in [2.45, 2.75) is 18.9 Å². The predicted octanol–water partition coefficient (Wildman–Crippen LogP) is 0.372. The molecule has 29 heavy (non-hydrogen) atoms. The summed E-state index contributed by atoms with van der Waals surface area (Å²) < 4.78 is 0. The third-order valence-corrected chi connectivity index (χ3v) is 4.33. The van der Waals surface area contributed by atoms with Crippen LogP contribution in [0, 0.1) is 0 Å². The zero-order chi connectivity index (χ0) is 21.0. The number of hydrogen-bond acceptors (Lipinski definition) is 6. The van der Waals surface area contributed by atoms with Crippen LogP contribution in [0.2, 0.25) is 0 Å². The Hall–Kier alpha value is -4.08. The van der Waals surface area contributed by atoms with Gasteiger partial charge in [0.15, 0.2) is 0 Å². The highest BCUT2D eigenvalue weighted by Gasteiger charge is 2.42. The predicted molar refractivity (Wildman–Crippen MR) is 97.4 cm³/mol. The van der Waals surface area contributed by atoms with Gasteiger partial charge < -0.3 is 5.11 Å². The Balaban J connectivity index is 1.60. The van der Waals surface area contributed by atoms with Gasteiger partial charge in [-0.2, -0.15) is 0 Å². The van der Waals surface area contributed by atoms with Crippen molar-refractivity contribution >= 4 is 29.6 Å². The minimum atomic E-state index is -1.51. The van der Waals surface area contributed by atoms with Gasteiger partial charge in [-0.1, -0.05) is 12.1 Å². The fourth-order valence-electron chi connectivity index (χ4n) is 2.89. The molecule has 0 radical (unpaired) electrons. The van der Waals surface area contributed by atoms with Gasteiger partial charge in [-0.3, -0.25) is 39.9 Å². The number of carbonyl (C=O) groups excluding carboxylic acids is 4. The minimum absolute atomic E-state index is 0.123. The lowest BCUT2D eigenvalue weighted by Gasteiger charge is -2.22. The molecule has 1 unspecified atom stereocenters. The standard InChI is InChI=1S/C19H16N4O6/c24-15(21-22-16(25)11-7-9-20-10-8-11)6-5-14(19(28)29)23-17(26)12-3-1-2-4-13(12)18(23)27/h1-4,7-10,14H,5-6H2,(H,21,24)(H,22,25)(H,28,29). The first-order chi connectivity index (χ1) is 13.9. The lowest BCUT2D eigenvalue weighted by molar-refractivity contribution is -0.142. The lowest BCUT2D eigenvalue weighted by atomic mass is 10.1. The molecule has 10 nitrogen and oxygen atoms in total. The van der Waals surface area contributed by atoms with E-state index in [0.29, 0.717) is 4.90 Å². The van der Waals surface area contributed by atoms with Crippen molar-refractivity contribution in [3.8, 4) is 0 Å². The summed E-state index contributed by atoms with van der Waals surface area (Å²) in [4.78, 5) is 64.8. The van der Waals surface area contributed by atoms with Gasteiger partial charge in [0, 0.05) is 24.4 Å². The van der Waals surface area contributed by atoms with Crippen molar-refractivity contribution in [2.24, 2.45) is 0 Å². The molecule has 0 saturated carbocycles. The van der Waals surface area contributed by atoms with E-state index in [1.807, 2.05) is 0 Å². The number of nitrogens with one attached hydrogen (secondary N) is 2. The summed E-state index contributed by atoms with van der Waals surface area (Å²) in [5.74, 6) is -4.09. The first-order valence-corrected chi connectivity index (χ1v) is 8.59. The quantitative estimate of drug-likeness (QED) is 0.472. The first-order valence-electron chi connectivity index (χ1n) is 8.59. The Labute approximate surface area is 164 Å². The van der Waals surface area contributed by atoms with Crippen LogP contribution in [-0.4, -0.2) is 50.6 Å². The van der Waals surface area contributed by atoms with Gasteiger partial charge in [-0.05, 0) is 30.7 Å². The van der Waals surface area contributed by atoms with Crippen molar-refractivity contribution in [1.82, 2.24) is 20.7 Å². The van der Waals surface area contributed by atoms with Gasteiger partial charge in [-0.25, -0.2) is 4.79 Å². The zero-order valence-corrected chi connectivity index (χ0v) is 15.0. The average Bonchev–Trinajstić information content (AvgIpc) is 2.98. The largest absolute Gasteiger partial charge is 0.480 e. The molecule has 1 aliphatic heterocycles. The van der Waals surface area contributed by atoms with Crippen molar-refractivity contribution in [3.05, 3.63) is 65.5 Å². The van der Waals surface area contributed by atoms with Crippen molar-refractivity contribution in [1.29, 1.82) is 0 Å². The minimum Gasteiger partial charge on any atom is -0.480 e. The maximum atomic E-state index is 12.4. The number of carboxylic acid groups (broad SMARTS) is 1. The van der Waals surface area contributed by atoms with E-state index < -0.39 is 35.6 Å². The zero-order valence-electron chi connectivity index (χ0n) is 15.0. The maximum absolute atomic E-state index is 12.4. The van der Waals surface area contributed by atoms with Crippen LogP contribution in [0.25, 0.3) is 0 Å². The van der Waals surface area contributed by atoms with E-state index >= 15 is 0 Å². The molecule has 2 heterocycles. The smallest absolute Gasteiger partial charge is 0.326 e. The van der Waals surface area contributed by atoms with E-state index in [-0.39, 0.29) is 29.5 Å². The number of fused-ring (bicyclic) bond motifs is 1. The second kappa shape index (κ2) is 8.30. The van der Waals surface area contributed by atoms with Gasteiger partial charge >= 0.3 is 5.97 Å².